The Bertz CT molecular complexity index is 1270. The first kappa shape index (κ1) is 19.4. The lowest BCUT2D eigenvalue weighted by Crippen LogP contribution is -2.44. The molecule has 0 radical (unpaired) electrons. The number of pyridine rings is 1. The van der Waals surface area contributed by atoms with Gasteiger partial charge < -0.3 is 25.2 Å². The second kappa shape index (κ2) is 5.94. The van der Waals surface area contributed by atoms with Crippen LogP contribution in [-0.2, 0) is 0 Å². The lowest BCUT2D eigenvalue weighted by Gasteiger charge is -2.34. The SMILES string of the molecule is CN1COc2c(N3CC4C(C3)C3(N)C=CC4(C)C3)c(F)cc3c(=O)c(OC(=O)O)cn1c23. The van der Waals surface area contributed by atoms with E-state index in [1.807, 2.05) is 4.90 Å². The van der Waals surface area contributed by atoms with Crippen molar-refractivity contribution in [1.29, 1.82) is 0 Å². The van der Waals surface area contributed by atoms with Crippen molar-refractivity contribution < 1.29 is 23.8 Å². The van der Waals surface area contributed by atoms with E-state index in [1.54, 1.807) is 16.7 Å². The van der Waals surface area contributed by atoms with Crippen molar-refractivity contribution in [3.8, 4) is 11.5 Å². The summed E-state index contributed by atoms with van der Waals surface area (Å²) in [5.74, 6) is -0.203. The van der Waals surface area contributed by atoms with E-state index in [1.165, 1.54) is 6.20 Å². The van der Waals surface area contributed by atoms with Crippen LogP contribution >= 0.6 is 0 Å². The van der Waals surface area contributed by atoms with E-state index in [-0.39, 0.29) is 34.7 Å². The summed E-state index contributed by atoms with van der Waals surface area (Å²) in [5.41, 5.74) is 6.28. The highest BCUT2D eigenvalue weighted by atomic mass is 19.1. The van der Waals surface area contributed by atoms with Crippen LogP contribution < -0.4 is 30.5 Å². The summed E-state index contributed by atoms with van der Waals surface area (Å²) in [6, 6.07) is 1.14. The van der Waals surface area contributed by atoms with Gasteiger partial charge in [-0.1, -0.05) is 19.1 Å². The minimum atomic E-state index is -1.61. The van der Waals surface area contributed by atoms with Gasteiger partial charge in [-0.25, -0.2) is 9.18 Å². The van der Waals surface area contributed by atoms with E-state index in [0.29, 0.717) is 30.2 Å². The summed E-state index contributed by atoms with van der Waals surface area (Å²) in [7, 11) is 1.71. The molecule has 2 bridgehead atoms. The average Bonchev–Trinajstić information content (AvgIpc) is 3.35. The van der Waals surface area contributed by atoms with Crippen molar-refractivity contribution in [2.75, 3.05) is 36.8 Å². The van der Waals surface area contributed by atoms with E-state index >= 15 is 4.39 Å². The molecule has 2 aliphatic carbocycles. The number of ether oxygens (including phenoxy) is 2. The van der Waals surface area contributed by atoms with Gasteiger partial charge in [0.15, 0.2) is 18.3 Å². The first-order valence-corrected chi connectivity index (χ1v) is 10.5. The minimum absolute atomic E-state index is 0.00469. The van der Waals surface area contributed by atoms with Gasteiger partial charge in [-0.3, -0.25) is 14.5 Å². The molecule has 168 valence electrons. The van der Waals surface area contributed by atoms with E-state index in [4.69, 9.17) is 15.6 Å². The molecular weight excluding hydrogens is 419 g/mol. The first-order valence-electron chi connectivity index (χ1n) is 10.5. The molecule has 4 unspecified atom stereocenters. The minimum Gasteiger partial charge on any atom is -0.467 e. The quantitative estimate of drug-likeness (QED) is 0.536. The zero-order chi connectivity index (χ0) is 22.6. The van der Waals surface area contributed by atoms with Crippen LogP contribution in [0.4, 0.5) is 14.9 Å². The Morgan fingerprint density at radius 1 is 1.34 bits per heavy atom. The maximum atomic E-state index is 15.5. The predicted molar refractivity (Wildman–Crippen MR) is 114 cm³/mol. The molecule has 1 saturated heterocycles. The number of aromatic nitrogens is 1. The first-order chi connectivity index (χ1) is 15.1. The Balaban J connectivity index is 1.51. The maximum Gasteiger partial charge on any atom is 0.511 e. The molecule has 2 aromatic rings. The predicted octanol–water partition coefficient (Wildman–Crippen LogP) is 1.84. The van der Waals surface area contributed by atoms with Crippen molar-refractivity contribution in [3.63, 3.8) is 0 Å². The number of nitrogens with two attached hydrogens (primary N) is 1. The zero-order valence-electron chi connectivity index (χ0n) is 17.7. The van der Waals surface area contributed by atoms with Gasteiger partial charge in [-0.15, -0.1) is 0 Å². The number of nitrogens with zero attached hydrogens (tertiary/aromatic N) is 3. The number of hydrogen-bond acceptors (Lipinski definition) is 7. The number of anilines is 1. The molecule has 32 heavy (non-hydrogen) atoms. The van der Waals surface area contributed by atoms with Crippen LogP contribution in [0.15, 0.2) is 29.2 Å². The van der Waals surface area contributed by atoms with Gasteiger partial charge in [0, 0.05) is 31.6 Å². The molecule has 1 aromatic heterocycles. The van der Waals surface area contributed by atoms with Gasteiger partial charge in [-0.2, -0.15) is 0 Å². The van der Waals surface area contributed by atoms with Crippen LogP contribution in [0.5, 0.6) is 11.5 Å². The van der Waals surface area contributed by atoms with Crippen LogP contribution in [0.3, 0.4) is 0 Å². The Kier molecular flexibility index (Phi) is 3.61. The van der Waals surface area contributed by atoms with Gasteiger partial charge in [0.25, 0.3) is 0 Å². The fourth-order valence-corrected chi connectivity index (χ4v) is 6.29. The number of carboxylic acid groups (broad SMARTS) is 1. The monoisotopic (exact) mass is 442 g/mol. The number of hydrogen-bond donors (Lipinski definition) is 2. The lowest BCUT2D eigenvalue weighted by molar-refractivity contribution is 0.143. The van der Waals surface area contributed by atoms with Crippen LogP contribution in [0.1, 0.15) is 13.3 Å². The normalized spacial score (nSPS) is 31.9. The number of carbonyl (C=O) groups is 1. The Hall–Kier alpha value is -3.27. The molecule has 4 aliphatic rings. The fourth-order valence-electron chi connectivity index (χ4n) is 6.29. The number of allylic oxidation sites excluding steroid dienone is 1. The third-order valence-corrected chi connectivity index (χ3v) is 7.72. The second-order valence-electron chi connectivity index (χ2n) is 9.64. The summed E-state index contributed by atoms with van der Waals surface area (Å²) >= 11 is 0. The van der Waals surface area contributed by atoms with Crippen LogP contribution in [0.25, 0.3) is 10.9 Å². The van der Waals surface area contributed by atoms with Crippen molar-refractivity contribution in [2.24, 2.45) is 23.0 Å². The Morgan fingerprint density at radius 3 is 2.81 bits per heavy atom. The molecular formula is C22H23FN4O5. The molecule has 2 aliphatic heterocycles. The summed E-state index contributed by atoms with van der Waals surface area (Å²) < 4.78 is 27.7. The van der Waals surface area contributed by atoms with E-state index in [2.05, 4.69) is 23.8 Å². The third-order valence-electron chi connectivity index (χ3n) is 7.72. The Morgan fingerprint density at radius 2 is 2.09 bits per heavy atom. The van der Waals surface area contributed by atoms with Crippen LogP contribution in [-0.4, -0.2) is 48.3 Å². The van der Waals surface area contributed by atoms with Crippen molar-refractivity contribution in [2.45, 2.75) is 18.9 Å². The van der Waals surface area contributed by atoms with Gasteiger partial charge in [0.1, 0.15) is 11.2 Å². The molecule has 1 saturated carbocycles. The maximum absolute atomic E-state index is 15.5. The molecule has 3 N–H and O–H groups in total. The molecule has 0 amide bonds. The van der Waals surface area contributed by atoms with Gasteiger partial charge >= 0.3 is 6.16 Å². The third kappa shape index (κ3) is 2.35. The highest BCUT2D eigenvalue weighted by molar-refractivity contribution is 5.93. The van der Waals surface area contributed by atoms with Crippen LogP contribution in [0, 0.1) is 23.1 Å². The van der Waals surface area contributed by atoms with Crippen molar-refractivity contribution >= 4 is 22.7 Å². The summed E-state index contributed by atoms with van der Waals surface area (Å²) in [6.07, 6.45) is 4.89. The molecule has 4 atom stereocenters. The van der Waals surface area contributed by atoms with Gasteiger partial charge in [0.2, 0.25) is 11.2 Å². The van der Waals surface area contributed by atoms with E-state index < -0.39 is 23.2 Å². The Labute approximate surface area is 182 Å². The molecule has 2 fully saturated rings. The van der Waals surface area contributed by atoms with E-state index in [9.17, 15) is 9.59 Å². The highest BCUT2D eigenvalue weighted by Gasteiger charge is 2.62. The average molecular weight is 442 g/mol. The zero-order valence-corrected chi connectivity index (χ0v) is 17.7. The van der Waals surface area contributed by atoms with Gasteiger partial charge in [-0.05, 0) is 23.8 Å². The lowest BCUT2D eigenvalue weighted by atomic mass is 9.76. The standard InChI is InChI=1S/C22H23FN4O5/c1-21-3-4-22(24,9-21)13-7-26(6-12(13)21)17-14(23)5-11-16-19(17)31-10-25(2)27(16)8-15(18(11)28)32-20(29)30/h3-5,8,12-13H,6-7,9-10,24H2,1-2H3,(H,29,30). The van der Waals surface area contributed by atoms with Gasteiger partial charge in [0.05, 0.1) is 11.6 Å². The molecule has 6 rings (SSSR count). The molecule has 1 aromatic carbocycles. The topological polar surface area (TPSA) is 110 Å². The largest absolute Gasteiger partial charge is 0.511 e. The number of fused-ring (bicyclic) bond motifs is 5. The fraction of sp³-hybridized carbons (Fsp3) is 0.455. The summed E-state index contributed by atoms with van der Waals surface area (Å²) in [4.78, 5) is 25.9. The molecule has 3 heterocycles. The highest BCUT2D eigenvalue weighted by Crippen LogP contribution is 2.60. The summed E-state index contributed by atoms with van der Waals surface area (Å²) in [6.45, 7) is 3.54. The summed E-state index contributed by atoms with van der Waals surface area (Å²) in [5, 5.41) is 10.6. The second-order valence-corrected chi connectivity index (χ2v) is 9.64. The van der Waals surface area contributed by atoms with E-state index in [0.717, 1.165) is 12.5 Å². The smallest absolute Gasteiger partial charge is 0.467 e. The molecule has 10 heteroatoms. The van der Waals surface area contributed by atoms with Crippen molar-refractivity contribution in [3.05, 3.63) is 40.5 Å². The van der Waals surface area contributed by atoms with Crippen LogP contribution in [0.2, 0.25) is 0 Å². The number of benzene rings is 1. The number of halogens is 1. The number of rotatable bonds is 2. The van der Waals surface area contributed by atoms with Crippen molar-refractivity contribution in [1.82, 2.24) is 4.68 Å². The molecule has 9 nitrogen and oxygen atoms in total. The molecule has 0 spiro atoms.